The van der Waals surface area contributed by atoms with E-state index in [2.05, 4.69) is 17.3 Å². The van der Waals surface area contributed by atoms with Crippen LogP contribution in [0, 0.1) is 5.41 Å². The fourth-order valence-corrected chi connectivity index (χ4v) is 2.28. The SMILES string of the molecule is Cn1ccc(NCC2(C)CCCC2N)n1. The molecular weight excluding hydrogens is 188 g/mol. The number of nitrogens with zero attached hydrogens (tertiary/aromatic N) is 2. The predicted octanol–water partition coefficient (Wildman–Crippen LogP) is 1.35. The average Bonchev–Trinajstić information content (AvgIpc) is 2.73. The molecule has 0 aromatic carbocycles. The van der Waals surface area contributed by atoms with Crippen molar-refractivity contribution in [1.29, 1.82) is 0 Å². The monoisotopic (exact) mass is 208 g/mol. The van der Waals surface area contributed by atoms with Crippen molar-refractivity contribution in [3.05, 3.63) is 12.3 Å². The first kappa shape index (κ1) is 10.5. The third-order valence-electron chi connectivity index (χ3n) is 3.55. The van der Waals surface area contributed by atoms with E-state index < -0.39 is 0 Å². The molecule has 2 unspecified atom stereocenters. The second-order valence-electron chi connectivity index (χ2n) is 4.88. The largest absolute Gasteiger partial charge is 0.368 e. The van der Waals surface area contributed by atoms with Crippen LogP contribution < -0.4 is 11.1 Å². The van der Waals surface area contributed by atoms with Crippen LogP contribution >= 0.6 is 0 Å². The summed E-state index contributed by atoms with van der Waals surface area (Å²) in [5.74, 6) is 0.942. The Morgan fingerprint density at radius 3 is 3.07 bits per heavy atom. The van der Waals surface area contributed by atoms with Gasteiger partial charge in [0, 0.05) is 31.9 Å². The van der Waals surface area contributed by atoms with Gasteiger partial charge in [0.25, 0.3) is 0 Å². The molecule has 0 amide bonds. The zero-order chi connectivity index (χ0) is 10.9. The molecule has 0 spiro atoms. The van der Waals surface area contributed by atoms with E-state index in [4.69, 9.17) is 5.73 Å². The Balaban J connectivity index is 1.92. The highest BCUT2D eigenvalue weighted by Gasteiger charge is 2.36. The van der Waals surface area contributed by atoms with Gasteiger partial charge in [-0.2, -0.15) is 5.10 Å². The van der Waals surface area contributed by atoms with Crippen LogP contribution in [0.25, 0.3) is 0 Å². The first-order valence-corrected chi connectivity index (χ1v) is 5.59. The van der Waals surface area contributed by atoms with Crippen molar-refractivity contribution in [3.63, 3.8) is 0 Å². The van der Waals surface area contributed by atoms with Crippen LogP contribution in [0.2, 0.25) is 0 Å². The normalized spacial score (nSPS) is 30.7. The predicted molar refractivity (Wildman–Crippen MR) is 61.6 cm³/mol. The molecule has 15 heavy (non-hydrogen) atoms. The molecule has 4 heteroatoms. The van der Waals surface area contributed by atoms with Gasteiger partial charge in [0.15, 0.2) is 0 Å². The van der Waals surface area contributed by atoms with Crippen LogP contribution in [0.3, 0.4) is 0 Å². The minimum Gasteiger partial charge on any atom is -0.368 e. The van der Waals surface area contributed by atoms with Crippen LogP contribution in [-0.2, 0) is 7.05 Å². The molecule has 1 heterocycles. The van der Waals surface area contributed by atoms with Crippen LogP contribution in [0.5, 0.6) is 0 Å². The minimum atomic E-state index is 0.234. The summed E-state index contributed by atoms with van der Waals surface area (Å²) in [6, 6.07) is 2.32. The summed E-state index contributed by atoms with van der Waals surface area (Å²) < 4.78 is 1.80. The molecule has 2 rings (SSSR count). The van der Waals surface area contributed by atoms with E-state index in [1.807, 2.05) is 19.3 Å². The van der Waals surface area contributed by atoms with Gasteiger partial charge in [-0.3, -0.25) is 4.68 Å². The summed E-state index contributed by atoms with van der Waals surface area (Å²) >= 11 is 0. The smallest absolute Gasteiger partial charge is 0.147 e. The Labute approximate surface area is 90.8 Å². The molecule has 4 nitrogen and oxygen atoms in total. The average molecular weight is 208 g/mol. The van der Waals surface area contributed by atoms with Gasteiger partial charge in [-0.25, -0.2) is 0 Å². The number of rotatable bonds is 3. The Bertz CT molecular complexity index is 333. The zero-order valence-corrected chi connectivity index (χ0v) is 9.53. The van der Waals surface area contributed by atoms with Gasteiger partial charge in [-0.1, -0.05) is 13.3 Å². The first-order valence-electron chi connectivity index (χ1n) is 5.59. The number of nitrogens with two attached hydrogens (primary N) is 1. The molecular formula is C11H20N4. The van der Waals surface area contributed by atoms with Crippen LogP contribution in [0.15, 0.2) is 12.3 Å². The van der Waals surface area contributed by atoms with Crippen molar-refractivity contribution in [2.45, 2.75) is 32.2 Å². The van der Waals surface area contributed by atoms with Gasteiger partial charge in [0.2, 0.25) is 0 Å². The molecule has 1 fully saturated rings. The van der Waals surface area contributed by atoms with Gasteiger partial charge in [0.05, 0.1) is 0 Å². The lowest BCUT2D eigenvalue weighted by Gasteiger charge is -2.29. The summed E-state index contributed by atoms with van der Waals surface area (Å²) in [5.41, 5.74) is 6.35. The lowest BCUT2D eigenvalue weighted by Crippen LogP contribution is -2.39. The number of aryl methyl sites for hydroxylation is 1. The lowest BCUT2D eigenvalue weighted by atomic mass is 9.85. The summed E-state index contributed by atoms with van der Waals surface area (Å²) in [6.45, 7) is 3.19. The maximum atomic E-state index is 6.12. The van der Waals surface area contributed by atoms with Gasteiger partial charge >= 0.3 is 0 Å². The van der Waals surface area contributed by atoms with Gasteiger partial charge < -0.3 is 11.1 Å². The standard InChI is InChI=1S/C11H20N4/c1-11(6-3-4-9(11)12)8-13-10-5-7-15(2)14-10/h5,7,9H,3-4,6,8,12H2,1-2H3,(H,13,14). The Kier molecular flexibility index (Phi) is 2.69. The van der Waals surface area contributed by atoms with Crippen molar-refractivity contribution < 1.29 is 0 Å². The fourth-order valence-electron chi connectivity index (χ4n) is 2.28. The van der Waals surface area contributed by atoms with E-state index in [-0.39, 0.29) is 5.41 Å². The molecule has 1 aliphatic rings. The van der Waals surface area contributed by atoms with E-state index in [9.17, 15) is 0 Å². The Morgan fingerprint density at radius 1 is 1.73 bits per heavy atom. The fraction of sp³-hybridized carbons (Fsp3) is 0.727. The summed E-state index contributed by atoms with van der Waals surface area (Å²) in [6.07, 6.45) is 5.56. The van der Waals surface area contributed by atoms with Gasteiger partial charge in [-0.15, -0.1) is 0 Å². The second kappa shape index (κ2) is 3.85. The quantitative estimate of drug-likeness (QED) is 0.788. The number of aromatic nitrogens is 2. The number of hydrogen-bond acceptors (Lipinski definition) is 3. The molecule has 84 valence electrons. The highest BCUT2D eigenvalue weighted by atomic mass is 15.3. The molecule has 1 aromatic rings. The van der Waals surface area contributed by atoms with Crippen molar-refractivity contribution in [2.24, 2.45) is 18.2 Å². The van der Waals surface area contributed by atoms with Gasteiger partial charge in [-0.05, 0) is 18.3 Å². The summed E-state index contributed by atoms with van der Waals surface area (Å²) in [5, 5.41) is 7.66. The highest BCUT2D eigenvalue weighted by molar-refractivity contribution is 5.32. The molecule has 1 aliphatic carbocycles. The van der Waals surface area contributed by atoms with E-state index in [0.29, 0.717) is 6.04 Å². The lowest BCUT2D eigenvalue weighted by molar-refractivity contribution is 0.315. The van der Waals surface area contributed by atoms with Crippen molar-refractivity contribution in [2.75, 3.05) is 11.9 Å². The van der Waals surface area contributed by atoms with E-state index in [1.54, 1.807) is 4.68 Å². The third kappa shape index (κ3) is 2.15. The molecule has 2 atom stereocenters. The maximum Gasteiger partial charge on any atom is 0.147 e. The topological polar surface area (TPSA) is 55.9 Å². The number of anilines is 1. The van der Waals surface area contributed by atoms with E-state index in [1.165, 1.54) is 12.8 Å². The number of nitrogens with one attached hydrogen (secondary N) is 1. The van der Waals surface area contributed by atoms with Crippen LogP contribution in [0.1, 0.15) is 26.2 Å². The Hall–Kier alpha value is -1.03. The summed E-state index contributed by atoms with van der Waals surface area (Å²) in [7, 11) is 1.92. The molecule has 0 aliphatic heterocycles. The van der Waals surface area contributed by atoms with Gasteiger partial charge in [0.1, 0.15) is 5.82 Å². The molecule has 0 bridgehead atoms. The first-order chi connectivity index (χ1) is 7.10. The highest BCUT2D eigenvalue weighted by Crippen LogP contribution is 2.36. The van der Waals surface area contributed by atoms with Crippen molar-refractivity contribution in [1.82, 2.24) is 9.78 Å². The van der Waals surface area contributed by atoms with E-state index >= 15 is 0 Å². The molecule has 0 saturated heterocycles. The number of hydrogen-bond donors (Lipinski definition) is 2. The van der Waals surface area contributed by atoms with Crippen molar-refractivity contribution >= 4 is 5.82 Å². The van der Waals surface area contributed by atoms with Crippen molar-refractivity contribution in [3.8, 4) is 0 Å². The van der Waals surface area contributed by atoms with Crippen LogP contribution in [-0.4, -0.2) is 22.4 Å². The molecule has 1 saturated carbocycles. The third-order valence-corrected chi connectivity index (χ3v) is 3.55. The maximum absolute atomic E-state index is 6.12. The summed E-state index contributed by atoms with van der Waals surface area (Å²) in [4.78, 5) is 0. The molecule has 3 N–H and O–H groups in total. The second-order valence-corrected chi connectivity index (χ2v) is 4.88. The van der Waals surface area contributed by atoms with E-state index in [0.717, 1.165) is 18.8 Å². The van der Waals surface area contributed by atoms with Crippen LogP contribution in [0.4, 0.5) is 5.82 Å². The Morgan fingerprint density at radius 2 is 2.53 bits per heavy atom. The zero-order valence-electron chi connectivity index (χ0n) is 9.53. The molecule has 0 radical (unpaired) electrons. The molecule has 1 aromatic heterocycles. The minimum absolute atomic E-state index is 0.234.